The summed E-state index contributed by atoms with van der Waals surface area (Å²) in [5.41, 5.74) is 9.34. The van der Waals surface area contributed by atoms with E-state index < -0.39 is 0 Å². The Morgan fingerprint density at radius 3 is 1.62 bits per heavy atom. The molecule has 0 bridgehead atoms. The van der Waals surface area contributed by atoms with Gasteiger partial charge in [0.1, 0.15) is 6.10 Å². The first-order chi connectivity index (χ1) is 14.1. The van der Waals surface area contributed by atoms with Crippen LogP contribution in [-0.2, 0) is 11.2 Å². The number of rotatable bonds is 8. The molecule has 0 amide bonds. The van der Waals surface area contributed by atoms with Crippen molar-refractivity contribution in [3.63, 3.8) is 0 Å². The number of nitrogens with two attached hydrogens (primary N) is 1. The van der Waals surface area contributed by atoms with Crippen molar-refractivity contribution >= 4 is 0 Å². The normalized spacial score (nSPS) is 11.8. The van der Waals surface area contributed by atoms with Gasteiger partial charge in [-0.2, -0.15) is 0 Å². The summed E-state index contributed by atoms with van der Waals surface area (Å²) in [4.78, 5) is 2.13. The van der Waals surface area contributed by atoms with E-state index in [-0.39, 0.29) is 12.1 Å². The standard InChI is InChI=1S/C17H21NO.C9H13N/c1-18(2)13-14-19-17(15-9-5-3-6-10-15)16-11-7-4-8-12-16;1-8(10)7-9-5-3-2-4-6-9/h3-12,17H,13-14H2,1-2H3;2-6,8H,7,10H2,1H3/t;8-/m.1/s1. The van der Waals surface area contributed by atoms with Gasteiger partial charge in [0.25, 0.3) is 0 Å². The van der Waals surface area contributed by atoms with Crippen LogP contribution in [0.25, 0.3) is 0 Å². The van der Waals surface area contributed by atoms with Gasteiger partial charge in [-0.25, -0.2) is 0 Å². The summed E-state index contributed by atoms with van der Waals surface area (Å²) < 4.78 is 6.08. The Hall–Kier alpha value is -2.46. The molecule has 3 nitrogen and oxygen atoms in total. The Morgan fingerprint density at radius 1 is 0.759 bits per heavy atom. The van der Waals surface area contributed by atoms with Gasteiger partial charge in [0.15, 0.2) is 0 Å². The predicted molar refractivity (Wildman–Crippen MR) is 123 cm³/mol. The molecule has 0 unspecified atom stereocenters. The van der Waals surface area contributed by atoms with Crippen LogP contribution in [0.15, 0.2) is 91.0 Å². The Labute approximate surface area is 176 Å². The molecule has 3 aromatic carbocycles. The van der Waals surface area contributed by atoms with Crippen LogP contribution >= 0.6 is 0 Å². The van der Waals surface area contributed by atoms with Gasteiger partial charge < -0.3 is 15.4 Å². The van der Waals surface area contributed by atoms with Gasteiger partial charge in [-0.1, -0.05) is 91.0 Å². The first-order valence-corrected chi connectivity index (χ1v) is 10.2. The molecule has 1 atom stereocenters. The summed E-state index contributed by atoms with van der Waals surface area (Å²) in [6, 6.07) is 31.3. The van der Waals surface area contributed by atoms with E-state index in [2.05, 4.69) is 79.7 Å². The topological polar surface area (TPSA) is 38.5 Å². The molecule has 0 saturated heterocycles. The van der Waals surface area contributed by atoms with E-state index in [9.17, 15) is 0 Å². The van der Waals surface area contributed by atoms with Crippen LogP contribution in [0.2, 0.25) is 0 Å². The molecule has 3 aromatic rings. The van der Waals surface area contributed by atoms with Gasteiger partial charge >= 0.3 is 0 Å². The van der Waals surface area contributed by atoms with Crippen molar-refractivity contribution in [1.82, 2.24) is 4.90 Å². The fraction of sp³-hybridized carbons (Fsp3) is 0.308. The lowest BCUT2D eigenvalue weighted by molar-refractivity contribution is 0.0687. The minimum atomic E-state index is 0.0161. The summed E-state index contributed by atoms with van der Waals surface area (Å²) in [6.07, 6.45) is 0.989. The van der Waals surface area contributed by atoms with Crippen LogP contribution in [0, 0.1) is 0 Å². The maximum Gasteiger partial charge on any atom is 0.108 e. The molecular formula is C26H34N2O. The molecule has 0 aliphatic heterocycles. The van der Waals surface area contributed by atoms with Crippen LogP contribution in [0.1, 0.15) is 29.7 Å². The zero-order valence-electron chi connectivity index (χ0n) is 17.9. The first-order valence-electron chi connectivity index (χ1n) is 10.2. The van der Waals surface area contributed by atoms with Gasteiger partial charge in [0.2, 0.25) is 0 Å². The monoisotopic (exact) mass is 390 g/mol. The van der Waals surface area contributed by atoms with Crippen LogP contribution in [0.4, 0.5) is 0 Å². The van der Waals surface area contributed by atoms with E-state index in [0.29, 0.717) is 0 Å². The van der Waals surface area contributed by atoms with Crippen molar-refractivity contribution in [2.24, 2.45) is 5.73 Å². The second kappa shape index (κ2) is 12.9. The van der Waals surface area contributed by atoms with Crippen molar-refractivity contribution in [2.75, 3.05) is 27.2 Å². The molecule has 0 spiro atoms. The minimum Gasteiger partial charge on any atom is -0.367 e. The highest BCUT2D eigenvalue weighted by atomic mass is 16.5. The third-order valence-electron chi connectivity index (χ3n) is 4.43. The summed E-state index contributed by atoms with van der Waals surface area (Å²) in [5, 5.41) is 0. The predicted octanol–water partition coefficient (Wildman–Crippen LogP) is 4.93. The molecule has 3 rings (SSSR count). The number of hydrogen-bond acceptors (Lipinski definition) is 3. The maximum atomic E-state index is 6.08. The highest BCUT2D eigenvalue weighted by Gasteiger charge is 2.13. The third kappa shape index (κ3) is 9.05. The van der Waals surface area contributed by atoms with Gasteiger partial charge in [-0.15, -0.1) is 0 Å². The lowest BCUT2D eigenvalue weighted by Crippen LogP contribution is -2.20. The summed E-state index contributed by atoms with van der Waals surface area (Å²) >= 11 is 0. The summed E-state index contributed by atoms with van der Waals surface area (Å²) in [7, 11) is 4.12. The average Bonchev–Trinajstić information content (AvgIpc) is 2.73. The smallest absolute Gasteiger partial charge is 0.108 e. The molecule has 0 fully saturated rings. The molecule has 0 aliphatic carbocycles. The minimum absolute atomic E-state index is 0.0161. The van der Waals surface area contributed by atoms with E-state index in [1.54, 1.807) is 0 Å². The maximum absolute atomic E-state index is 6.08. The molecule has 29 heavy (non-hydrogen) atoms. The van der Waals surface area contributed by atoms with E-state index in [1.165, 1.54) is 16.7 Å². The van der Waals surface area contributed by atoms with Crippen LogP contribution in [0.3, 0.4) is 0 Å². The Kier molecular flexibility index (Phi) is 10.1. The highest BCUT2D eigenvalue weighted by molar-refractivity contribution is 5.29. The lowest BCUT2D eigenvalue weighted by Gasteiger charge is -2.20. The van der Waals surface area contributed by atoms with Crippen molar-refractivity contribution in [1.29, 1.82) is 0 Å². The molecule has 3 heteroatoms. The molecule has 0 saturated carbocycles. The van der Waals surface area contributed by atoms with Crippen molar-refractivity contribution in [3.8, 4) is 0 Å². The fourth-order valence-electron chi connectivity index (χ4n) is 2.98. The summed E-state index contributed by atoms with van der Waals surface area (Å²) in [5.74, 6) is 0. The average molecular weight is 391 g/mol. The first kappa shape index (κ1) is 22.8. The SMILES string of the molecule is CN(C)CCOC(c1ccccc1)c1ccccc1.C[C@@H](N)Cc1ccccc1. The second-order valence-electron chi connectivity index (χ2n) is 7.54. The van der Waals surface area contributed by atoms with Crippen LogP contribution in [-0.4, -0.2) is 38.2 Å². The lowest BCUT2D eigenvalue weighted by atomic mass is 10.0. The summed E-state index contributed by atoms with van der Waals surface area (Å²) in [6.45, 7) is 3.67. The molecule has 2 N–H and O–H groups in total. The number of hydrogen-bond donors (Lipinski definition) is 1. The zero-order valence-corrected chi connectivity index (χ0v) is 17.9. The van der Waals surface area contributed by atoms with Gasteiger partial charge in [-0.05, 0) is 44.1 Å². The van der Waals surface area contributed by atoms with Crippen molar-refractivity contribution < 1.29 is 4.74 Å². The van der Waals surface area contributed by atoms with Gasteiger partial charge in [0, 0.05) is 12.6 Å². The van der Waals surface area contributed by atoms with Crippen LogP contribution in [0.5, 0.6) is 0 Å². The fourth-order valence-corrected chi connectivity index (χ4v) is 2.98. The van der Waals surface area contributed by atoms with Gasteiger partial charge in [-0.3, -0.25) is 0 Å². The highest BCUT2D eigenvalue weighted by Crippen LogP contribution is 2.25. The Morgan fingerprint density at radius 2 is 1.21 bits per heavy atom. The quantitative estimate of drug-likeness (QED) is 0.593. The Balaban J connectivity index is 0.000000253. The van der Waals surface area contributed by atoms with Crippen molar-refractivity contribution in [2.45, 2.75) is 25.5 Å². The Bertz CT molecular complexity index is 734. The second-order valence-corrected chi connectivity index (χ2v) is 7.54. The number of benzene rings is 3. The van der Waals surface area contributed by atoms with Gasteiger partial charge in [0.05, 0.1) is 6.61 Å². The van der Waals surface area contributed by atoms with Crippen LogP contribution < -0.4 is 5.73 Å². The number of ether oxygens (including phenoxy) is 1. The number of likely N-dealkylation sites (N-methyl/N-ethyl adjacent to an activating group) is 1. The molecule has 0 heterocycles. The van der Waals surface area contributed by atoms with E-state index in [0.717, 1.165) is 19.6 Å². The van der Waals surface area contributed by atoms with E-state index in [1.807, 2.05) is 37.3 Å². The molecule has 0 aliphatic rings. The molecular weight excluding hydrogens is 356 g/mol. The number of nitrogens with zero attached hydrogens (tertiary/aromatic N) is 1. The molecule has 0 radical (unpaired) electrons. The third-order valence-corrected chi connectivity index (χ3v) is 4.43. The van der Waals surface area contributed by atoms with E-state index >= 15 is 0 Å². The van der Waals surface area contributed by atoms with E-state index in [4.69, 9.17) is 10.5 Å². The van der Waals surface area contributed by atoms with Crippen molar-refractivity contribution in [3.05, 3.63) is 108 Å². The zero-order chi connectivity index (χ0) is 20.9. The molecule has 0 aromatic heterocycles. The molecule has 154 valence electrons. The largest absolute Gasteiger partial charge is 0.367 e.